The number of carbonyl (C=O) groups excluding carboxylic acids is 1. The van der Waals surface area contributed by atoms with Crippen molar-refractivity contribution in [2.45, 2.75) is 19.4 Å². The molecule has 4 rings (SSSR count). The molecule has 4 nitrogen and oxygen atoms in total. The summed E-state index contributed by atoms with van der Waals surface area (Å²) in [5, 5.41) is 2.52. The number of ether oxygens (including phenoxy) is 2. The Morgan fingerprint density at radius 3 is 3.04 bits per heavy atom. The van der Waals surface area contributed by atoms with Gasteiger partial charge in [0.05, 0.1) is 11.1 Å². The number of thiophene rings is 1. The minimum Gasteiger partial charge on any atom is -0.486 e. The average molecular weight is 350 g/mol. The molecule has 0 radical (unpaired) electrons. The van der Waals surface area contributed by atoms with E-state index in [2.05, 4.69) is 18.4 Å². The van der Waals surface area contributed by atoms with Gasteiger partial charge in [0.2, 0.25) is 0 Å². The van der Waals surface area contributed by atoms with Crippen LogP contribution in [0.1, 0.15) is 33.8 Å². The summed E-state index contributed by atoms with van der Waals surface area (Å²) in [6, 6.07) is 5.59. The van der Waals surface area contributed by atoms with E-state index in [4.69, 9.17) is 21.1 Å². The molecular weight excluding hydrogens is 334 g/mol. The molecule has 1 aromatic carbocycles. The first-order valence-electron chi connectivity index (χ1n) is 7.61. The van der Waals surface area contributed by atoms with Gasteiger partial charge in [0.1, 0.15) is 13.2 Å². The Hall–Kier alpha value is -1.72. The van der Waals surface area contributed by atoms with E-state index in [1.807, 2.05) is 4.90 Å². The molecule has 6 heteroatoms. The van der Waals surface area contributed by atoms with E-state index < -0.39 is 0 Å². The van der Waals surface area contributed by atoms with Gasteiger partial charge < -0.3 is 14.4 Å². The molecule has 0 bridgehead atoms. The zero-order chi connectivity index (χ0) is 16.0. The molecule has 0 aliphatic carbocycles. The lowest BCUT2D eigenvalue weighted by molar-refractivity contribution is 0.0678. The molecule has 0 fully saturated rings. The molecular formula is C17H16ClNO3S. The van der Waals surface area contributed by atoms with Gasteiger partial charge in [-0.2, -0.15) is 0 Å². The highest BCUT2D eigenvalue weighted by Crippen LogP contribution is 2.40. The third-order valence-corrected chi connectivity index (χ3v) is 5.66. The van der Waals surface area contributed by atoms with Crippen molar-refractivity contribution in [2.24, 2.45) is 0 Å². The molecule has 1 amide bonds. The summed E-state index contributed by atoms with van der Waals surface area (Å²) in [4.78, 5) is 16.2. The Morgan fingerprint density at radius 2 is 2.17 bits per heavy atom. The second-order valence-corrected chi connectivity index (χ2v) is 7.11. The molecule has 0 spiro atoms. The number of hydrogen-bond donors (Lipinski definition) is 0. The monoisotopic (exact) mass is 349 g/mol. The predicted molar refractivity (Wildman–Crippen MR) is 89.9 cm³/mol. The molecule has 1 unspecified atom stereocenters. The SMILES string of the molecule is CC1c2ccsc2CCN1C(=O)c1cc(Cl)c2c(c1)OCCO2. The number of hydrogen-bond acceptors (Lipinski definition) is 4. The van der Waals surface area contributed by atoms with Crippen LogP contribution in [0, 0.1) is 0 Å². The van der Waals surface area contributed by atoms with Gasteiger partial charge in [0, 0.05) is 17.0 Å². The van der Waals surface area contributed by atoms with Crippen LogP contribution < -0.4 is 9.47 Å². The van der Waals surface area contributed by atoms with Crippen molar-refractivity contribution in [1.29, 1.82) is 0 Å². The van der Waals surface area contributed by atoms with Crippen LogP contribution >= 0.6 is 22.9 Å². The predicted octanol–water partition coefficient (Wildman–Crippen LogP) is 3.93. The van der Waals surface area contributed by atoms with Crippen molar-refractivity contribution in [3.63, 3.8) is 0 Å². The fourth-order valence-corrected chi connectivity index (χ4v) is 4.42. The van der Waals surface area contributed by atoms with Crippen LogP contribution in [0.4, 0.5) is 0 Å². The van der Waals surface area contributed by atoms with Gasteiger partial charge >= 0.3 is 0 Å². The summed E-state index contributed by atoms with van der Waals surface area (Å²) in [5.74, 6) is 1.06. The van der Waals surface area contributed by atoms with Gasteiger partial charge in [0.15, 0.2) is 11.5 Å². The zero-order valence-electron chi connectivity index (χ0n) is 12.7. The summed E-state index contributed by atoms with van der Waals surface area (Å²) in [7, 11) is 0. The van der Waals surface area contributed by atoms with Crippen LogP contribution in [0.2, 0.25) is 5.02 Å². The maximum atomic E-state index is 13.0. The van der Waals surface area contributed by atoms with Crippen LogP contribution in [0.25, 0.3) is 0 Å². The third kappa shape index (κ3) is 2.48. The molecule has 1 aromatic heterocycles. The second-order valence-electron chi connectivity index (χ2n) is 5.71. The Balaban J connectivity index is 1.66. The Labute approximate surface area is 143 Å². The standard InChI is InChI=1S/C17H16ClNO3S/c1-10-12-3-7-23-15(12)2-4-19(10)17(20)11-8-13(18)16-14(9-11)21-5-6-22-16/h3,7-10H,2,4-6H2,1H3. The van der Waals surface area contributed by atoms with Crippen molar-refractivity contribution in [3.05, 3.63) is 44.6 Å². The van der Waals surface area contributed by atoms with Crippen LogP contribution in [0.5, 0.6) is 11.5 Å². The fraction of sp³-hybridized carbons (Fsp3) is 0.353. The normalized spacial score (nSPS) is 19.4. The van der Waals surface area contributed by atoms with Crippen LogP contribution in [-0.4, -0.2) is 30.6 Å². The summed E-state index contributed by atoms with van der Waals surface area (Å²) >= 11 is 8.02. The minimum absolute atomic E-state index is 0.0202. The average Bonchev–Trinajstić information content (AvgIpc) is 3.04. The Bertz CT molecular complexity index is 773. The van der Waals surface area contributed by atoms with Gasteiger partial charge in [-0.25, -0.2) is 0 Å². The van der Waals surface area contributed by atoms with Gasteiger partial charge in [-0.1, -0.05) is 11.6 Å². The van der Waals surface area contributed by atoms with Crippen molar-refractivity contribution >= 4 is 28.8 Å². The molecule has 2 aromatic rings. The molecule has 1 atom stereocenters. The highest BCUT2D eigenvalue weighted by atomic mass is 35.5. The number of amides is 1. The van der Waals surface area contributed by atoms with Crippen LogP contribution in [0.15, 0.2) is 23.6 Å². The van der Waals surface area contributed by atoms with Crippen molar-refractivity contribution < 1.29 is 14.3 Å². The van der Waals surface area contributed by atoms with E-state index in [9.17, 15) is 4.79 Å². The van der Waals surface area contributed by atoms with E-state index in [-0.39, 0.29) is 11.9 Å². The number of rotatable bonds is 1. The number of carbonyl (C=O) groups is 1. The highest BCUT2D eigenvalue weighted by Gasteiger charge is 2.30. The van der Waals surface area contributed by atoms with Crippen molar-refractivity contribution in [1.82, 2.24) is 4.90 Å². The largest absolute Gasteiger partial charge is 0.486 e. The van der Waals surface area contributed by atoms with Gasteiger partial charge in [-0.15, -0.1) is 11.3 Å². The molecule has 120 valence electrons. The molecule has 23 heavy (non-hydrogen) atoms. The minimum atomic E-state index is -0.0202. The molecule has 0 saturated carbocycles. The van der Waals surface area contributed by atoms with Crippen LogP contribution in [0.3, 0.4) is 0 Å². The zero-order valence-corrected chi connectivity index (χ0v) is 14.2. The Kier molecular flexibility index (Phi) is 3.70. The lowest BCUT2D eigenvalue weighted by Crippen LogP contribution is -2.38. The van der Waals surface area contributed by atoms with E-state index in [1.165, 1.54) is 10.4 Å². The third-order valence-electron chi connectivity index (χ3n) is 4.38. The van der Waals surface area contributed by atoms with Crippen molar-refractivity contribution in [3.8, 4) is 11.5 Å². The van der Waals surface area contributed by atoms with E-state index in [0.29, 0.717) is 35.3 Å². The molecule has 2 aliphatic rings. The summed E-state index contributed by atoms with van der Waals surface area (Å²) in [5.41, 5.74) is 1.79. The lowest BCUT2D eigenvalue weighted by Gasteiger charge is -2.34. The Morgan fingerprint density at radius 1 is 1.35 bits per heavy atom. The quantitative estimate of drug-likeness (QED) is 0.783. The molecule has 2 aliphatic heterocycles. The second kappa shape index (κ2) is 5.73. The maximum absolute atomic E-state index is 13.0. The molecule has 0 saturated heterocycles. The summed E-state index contributed by atoms with van der Waals surface area (Å²) < 4.78 is 11.1. The first-order chi connectivity index (χ1) is 11.1. The first-order valence-corrected chi connectivity index (χ1v) is 8.87. The van der Waals surface area contributed by atoms with Gasteiger partial charge in [-0.05, 0) is 42.5 Å². The van der Waals surface area contributed by atoms with Crippen LogP contribution in [-0.2, 0) is 6.42 Å². The number of benzene rings is 1. The smallest absolute Gasteiger partial charge is 0.254 e. The lowest BCUT2D eigenvalue weighted by atomic mass is 10.00. The van der Waals surface area contributed by atoms with Crippen molar-refractivity contribution in [2.75, 3.05) is 19.8 Å². The van der Waals surface area contributed by atoms with E-state index in [1.54, 1.807) is 23.5 Å². The number of nitrogens with zero attached hydrogens (tertiary/aromatic N) is 1. The van der Waals surface area contributed by atoms with Gasteiger partial charge in [-0.3, -0.25) is 4.79 Å². The number of fused-ring (bicyclic) bond motifs is 2. The van der Waals surface area contributed by atoms with E-state index >= 15 is 0 Å². The molecule has 0 N–H and O–H groups in total. The number of halogens is 1. The van der Waals surface area contributed by atoms with E-state index in [0.717, 1.165) is 13.0 Å². The first kappa shape index (κ1) is 14.8. The summed E-state index contributed by atoms with van der Waals surface area (Å²) in [6.07, 6.45) is 0.904. The topological polar surface area (TPSA) is 38.8 Å². The summed E-state index contributed by atoms with van der Waals surface area (Å²) in [6.45, 7) is 3.74. The molecule has 3 heterocycles. The fourth-order valence-electron chi connectivity index (χ4n) is 3.19. The maximum Gasteiger partial charge on any atom is 0.254 e. The highest BCUT2D eigenvalue weighted by molar-refractivity contribution is 7.10. The van der Waals surface area contributed by atoms with Gasteiger partial charge in [0.25, 0.3) is 5.91 Å².